The summed E-state index contributed by atoms with van der Waals surface area (Å²) in [6.07, 6.45) is 0. The smallest absolute Gasteiger partial charge is 0.338 e. The zero-order valence-corrected chi connectivity index (χ0v) is 16.4. The van der Waals surface area contributed by atoms with Crippen LogP contribution in [0.1, 0.15) is 17.3 Å². The third-order valence-corrected chi connectivity index (χ3v) is 5.51. The summed E-state index contributed by atoms with van der Waals surface area (Å²) in [5.41, 5.74) is 0.871. The number of thioether (sulfide) groups is 1. The number of nitrogens with zero attached hydrogens (tertiary/aromatic N) is 2. The lowest BCUT2D eigenvalue weighted by atomic mass is 10.2. The molecule has 0 aliphatic heterocycles. The van der Waals surface area contributed by atoms with Crippen molar-refractivity contribution in [1.29, 1.82) is 0 Å². The van der Waals surface area contributed by atoms with Crippen molar-refractivity contribution in [2.75, 3.05) is 17.7 Å². The first-order valence-corrected chi connectivity index (χ1v) is 10.00. The topological polar surface area (TPSA) is 90.3 Å². The van der Waals surface area contributed by atoms with Gasteiger partial charge in [-0.05, 0) is 42.6 Å². The van der Waals surface area contributed by atoms with Crippen LogP contribution in [0.2, 0.25) is 0 Å². The van der Waals surface area contributed by atoms with E-state index in [-0.39, 0.29) is 17.2 Å². The minimum absolute atomic E-state index is 0.108. The molecule has 0 radical (unpaired) electrons. The molecule has 2 heterocycles. The van der Waals surface area contributed by atoms with Gasteiger partial charge in [0.2, 0.25) is 5.91 Å². The van der Waals surface area contributed by atoms with Gasteiger partial charge < -0.3 is 10.1 Å². The van der Waals surface area contributed by atoms with Crippen LogP contribution in [0.25, 0.3) is 10.2 Å². The van der Waals surface area contributed by atoms with Crippen LogP contribution >= 0.6 is 23.1 Å². The molecule has 1 N–H and O–H groups in total. The molecule has 27 heavy (non-hydrogen) atoms. The van der Waals surface area contributed by atoms with E-state index in [0.717, 1.165) is 0 Å². The first kappa shape index (κ1) is 19.1. The molecule has 140 valence electrons. The maximum atomic E-state index is 12.3. The van der Waals surface area contributed by atoms with E-state index in [1.54, 1.807) is 44.3 Å². The third-order valence-electron chi connectivity index (χ3n) is 3.68. The highest BCUT2D eigenvalue weighted by molar-refractivity contribution is 7.99. The fraction of sp³-hybridized carbons (Fsp3) is 0.222. The number of rotatable bonds is 6. The number of hydrogen-bond acceptors (Lipinski definition) is 7. The highest BCUT2D eigenvalue weighted by atomic mass is 32.2. The third kappa shape index (κ3) is 4.37. The largest absolute Gasteiger partial charge is 0.462 e. The first-order chi connectivity index (χ1) is 13.0. The van der Waals surface area contributed by atoms with E-state index in [0.29, 0.717) is 33.2 Å². The van der Waals surface area contributed by atoms with Crippen LogP contribution in [0.3, 0.4) is 0 Å². The van der Waals surface area contributed by atoms with Gasteiger partial charge in [-0.25, -0.2) is 9.78 Å². The van der Waals surface area contributed by atoms with Gasteiger partial charge in [0.05, 0.1) is 23.3 Å². The number of ether oxygens (including phenoxy) is 1. The van der Waals surface area contributed by atoms with Crippen LogP contribution in [-0.4, -0.2) is 33.8 Å². The monoisotopic (exact) mass is 403 g/mol. The maximum Gasteiger partial charge on any atom is 0.338 e. The van der Waals surface area contributed by atoms with Crippen LogP contribution in [0, 0.1) is 0 Å². The number of thiophene rings is 1. The van der Waals surface area contributed by atoms with Crippen LogP contribution in [0.5, 0.6) is 0 Å². The molecule has 3 aromatic rings. The maximum absolute atomic E-state index is 12.3. The average Bonchev–Trinajstić information content (AvgIpc) is 3.13. The van der Waals surface area contributed by atoms with Crippen molar-refractivity contribution in [2.45, 2.75) is 12.1 Å². The predicted molar refractivity (Wildman–Crippen MR) is 107 cm³/mol. The Labute approximate surface area is 163 Å². The second-order valence-corrected chi connectivity index (χ2v) is 7.37. The number of aromatic nitrogens is 2. The van der Waals surface area contributed by atoms with Gasteiger partial charge in [-0.3, -0.25) is 14.2 Å². The van der Waals surface area contributed by atoms with Crippen molar-refractivity contribution in [3.63, 3.8) is 0 Å². The standard InChI is InChI=1S/C18H17N3O4S2/c1-3-25-17(24)11-4-6-12(7-5-11)19-14(22)10-27-18-20-15-13(8-9-26-15)16(23)21(18)2/h4-9H,3,10H2,1-2H3,(H,19,22). The molecule has 0 spiro atoms. The second kappa shape index (κ2) is 8.36. The van der Waals surface area contributed by atoms with Crippen molar-refractivity contribution in [3.8, 4) is 0 Å². The van der Waals surface area contributed by atoms with E-state index in [2.05, 4.69) is 10.3 Å². The first-order valence-electron chi connectivity index (χ1n) is 8.13. The lowest BCUT2D eigenvalue weighted by Gasteiger charge is -2.08. The summed E-state index contributed by atoms with van der Waals surface area (Å²) in [4.78, 5) is 41.2. The molecule has 0 aliphatic carbocycles. The van der Waals surface area contributed by atoms with Gasteiger partial charge in [0.1, 0.15) is 4.83 Å². The van der Waals surface area contributed by atoms with Crippen LogP contribution < -0.4 is 10.9 Å². The normalized spacial score (nSPS) is 10.7. The van der Waals surface area contributed by atoms with Gasteiger partial charge in [-0.15, -0.1) is 11.3 Å². The highest BCUT2D eigenvalue weighted by Crippen LogP contribution is 2.20. The molecule has 0 aliphatic rings. The Kier molecular flexibility index (Phi) is 5.92. The summed E-state index contributed by atoms with van der Waals surface area (Å²) in [5.74, 6) is -0.525. The predicted octanol–water partition coefficient (Wildman–Crippen LogP) is 2.90. The summed E-state index contributed by atoms with van der Waals surface area (Å²) >= 11 is 2.59. The summed E-state index contributed by atoms with van der Waals surface area (Å²) in [5, 5.41) is 5.64. The number of nitrogens with one attached hydrogen (secondary N) is 1. The minimum Gasteiger partial charge on any atom is -0.462 e. The molecule has 2 aromatic heterocycles. The SMILES string of the molecule is CCOC(=O)c1ccc(NC(=O)CSc2nc3sccc3c(=O)n2C)cc1. The van der Waals surface area contributed by atoms with Gasteiger partial charge in [0.25, 0.3) is 5.56 Å². The molecule has 1 amide bonds. The molecule has 0 atom stereocenters. The van der Waals surface area contributed by atoms with Gasteiger partial charge in [-0.1, -0.05) is 11.8 Å². The van der Waals surface area contributed by atoms with Crippen molar-refractivity contribution in [1.82, 2.24) is 9.55 Å². The summed E-state index contributed by atoms with van der Waals surface area (Å²) in [6.45, 7) is 2.05. The molecule has 7 nitrogen and oxygen atoms in total. The molecular weight excluding hydrogens is 386 g/mol. The van der Waals surface area contributed by atoms with E-state index >= 15 is 0 Å². The van der Waals surface area contributed by atoms with Crippen LogP contribution in [-0.2, 0) is 16.6 Å². The number of esters is 1. The Morgan fingerprint density at radius 1 is 1.26 bits per heavy atom. The van der Waals surface area contributed by atoms with Crippen LogP contribution in [0.15, 0.2) is 45.7 Å². The molecule has 0 saturated carbocycles. The summed E-state index contributed by atoms with van der Waals surface area (Å²) < 4.78 is 6.36. The second-order valence-electron chi connectivity index (χ2n) is 5.53. The molecule has 9 heteroatoms. The van der Waals surface area contributed by atoms with Crippen molar-refractivity contribution in [3.05, 3.63) is 51.6 Å². The van der Waals surface area contributed by atoms with E-state index in [4.69, 9.17) is 4.74 Å². The number of benzene rings is 1. The number of amides is 1. The number of carbonyl (C=O) groups excluding carboxylic acids is 2. The fourth-order valence-electron chi connectivity index (χ4n) is 2.34. The Hall–Kier alpha value is -2.65. The molecule has 0 saturated heterocycles. The highest BCUT2D eigenvalue weighted by Gasteiger charge is 2.12. The zero-order valence-electron chi connectivity index (χ0n) is 14.7. The van der Waals surface area contributed by atoms with Crippen molar-refractivity contribution >= 4 is 50.9 Å². The Morgan fingerprint density at radius 2 is 2.00 bits per heavy atom. The van der Waals surface area contributed by atoms with E-state index < -0.39 is 5.97 Å². The van der Waals surface area contributed by atoms with Gasteiger partial charge in [0.15, 0.2) is 5.16 Å². The average molecular weight is 403 g/mol. The van der Waals surface area contributed by atoms with Crippen molar-refractivity contribution < 1.29 is 14.3 Å². The molecule has 0 fully saturated rings. The van der Waals surface area contributed by atoms with E-state index in [1.165, 1.54) is 27.7 Å². The van der Waals surface area contributed by atoms with Crippen molar-refractivity contribution in [2.24, 2.45) is 7.05 Å². The molecule has 1 aromatic carbocycles. The molecular formula is C18H17N3O4S2. The quantitative estimate of drug-likeness (QED) is 0.387. The lowest BCUT2D eigenvalue weighted by Crippen LogP contribution is -2.20. The fourth-order valence-corrected chi connectivity index (χ4v) is 3.92. The summed E-state index contributed by atoms with van der Waals surface area (Å²) in [6, 6.07) is 8.21. The zero-order chi connectivity index (χ0) is 19.4. The number of hydrogen-bond donors (Lipinski definition) is 1. The number of anilines is 1. The van der Waals surface area contributed by atoms with Gasteiger partial charge >= 0.3 is 5.97 Å². The van der Waals surface area contributed by atoms with Gasteiger partial charge in [0, 0.05) is 12.7 Å². The van der Waals surface area contributed by atoms with E-state index in [9.17, 15) is 14.4 Å². The molecule has 0 unspecified atom stereocenters. The molecule has 0 bridgehead atoms. The van der Waals surface area contributed by atoms with Gasteiger partial charge in [-0.2, -0.15) is 0 Å². The Bertz CT molecular complexity index is 1040. The minimum atomic E-state index is -0.401. The Balaban J connectivity index is 1.62. The number of carbonyl (C=O) groups is 2. The van der Waals surface area contributed by atoms with E-state index in [1.807, 2.05) is 5.38 Å². The van der Waals surface area contributed by atoms with Crippen LogP contribution in [0.4, 0.5) is 5.69 Å². The molecule has 3 rings (SSSR count). The Morgan fingerprint density at radius 3 is 2.70 bits per heavy atom. The number of fused-ring (bicyclic) bond motifs is 1. The summed E-state index contributed by atoms with van der Waals surface area (Å²) in [7, 11) is 1.64. The lowest BCUT2D eigenvalue weighted by molar-refractivity contribution is -0.113.